The third-order valence-electron chi connectivity index (χ3n) is 17.3. The fraction of sp³-hybridized carbons (Fsp3) is 0.870. The predicted molar refractivity (Wildman–Crippen MR) is 379 cm³/mol. The van der Waals surface area contributed by atoms with Crippen molar-refractivity contribution in [3.8, 4) is 0 Å². The molecule has 0 aliphatic carbocycles. The van der Waals surface area contributed by atoms with Gasteiger partial charge in [0.1, 0.15) is 19.3 Å². The molecule has 87 heavy (non-hydrogen) atoms. The average Bonchev–Trinajstić information content (AvgIpc) is 3.70. The normalized spacial score (nSPS) is 13.7. The second kappa shape index (κ2) is 66.9. The Labute approximate surface area is 541 Å². The Morgan fingerprint density at radius 2 is 0.701 bits per heavy atom. The molecule has 0 heterocycles. The number of esters is 1. The van der Waals surface area contributed by atoms with Crippen molar-refractivity contribution < 1.29 is 37.3 Å². The van der Waals surface area contributed by atoms with Crippen molar-refractivity contribution in [1.29, 1.82) is 0 Å². The van der Waals surface area contributed by atoms with Crippen molar-refractivity contribution in [2.75, 3.05) is 40.9 Å². The highest BCUT2D eigenvalue weighted by atomic mass is 31.2. The number of hydrogen-bond donors (Lipinski definition) is 2. The first-order valence-corrected chi connectivity index (χ1v) is 39.5. The summed E-state index contributed by atoms with van der Waals surface area (Å²) in [6.45, 7) is 7.05. The summed E-state index contributed by atoms with van der Waals surface area (Å²) in [6.07, 6.45) is 85.7. The number of phosphoric acid groups is 1. The molecule has 0 aromatic rings. The highest BCUT2D eigenvalue weighted by Gasteiger charge is 2.30. The van der Waals surface area contributed by atoms with E-state index in [4.69, 9.17) is 13.8 Å². The molecule has 0 aliphatic heterocycles. The topological polar surface area (TPSA) is 111 Å². The van der Waals surface area contributed by atoms with Crippen molar-refractivity contribution >= 4 is 19.7 Å². The Kier molecular flexibility index (Phi) is 65.3. The van der Waals surface area contributed by atoms with Gasteiger partial charge in [-0.25, -0.2) is 4.57 Å². The van der Waals surface area contributed by atoms with Gasteiger partial charge in [-0.05, 0) is 70.3 Å². The molecule has 10 heteroatoms. The van der Waals surface area contributed by atoms with E-state index in [9.17, 15) is 19.0 Å². The van der Waals surface area contributed by atoms with Crippen LogP contribution in [0.15, 0.2) is 48.6 Å². The summed E-state index contributed by atoms with van der Waals surface area (Å²) in [5.74, 6) is -0.486. The third kappa shape index (κ3) is 68.2. The van der Waals surface area contributed by atoms with Gasteiger partial charge in [0, 0.05) is 12.8 Å². The van der Waals surface area contributed by atoms with Gasteiger partial charge in [0.2, 0.25) is 5.91 Å². The van der Waals surface area contributed by atoms with Crippen LogP contribution in [0.2, 0.25) is 0 Å². The lowest BCUT2D eigenvalue weighted by atomic mass is 10.0. The summed E-state index contributed by atoms with van der Waals surface area (Å²) in [6, 6.07) is -0.846. The summed E-state index contributed by atoms with van der Waals surface area (Å²) < 4.78 is 30.9. The van der Waals surface area contributed by atoms with Gasteiger partial charge in [0.05, 0.1) is 33.8 Å². The van der Waals surface area contributed by atoms with Crippen molar-refractivity contribution in [3.63, 3.8) is 0 Å². The van der Waals surface area contributed by atoms with E-state index in [2.05, 4.69) is 62.5 Å². The number of nitrogens with zero attached hydrogens (tertiary/aromatic N) is 1. The molecule has 2 N–H and O–H groups in total. The molecule has 0 fully saturated rings. The molecular weight excluding hydrogens is 1100 g/mol. The SMILES string of the molecule is CCCCC/C=C\C/C=C\C/C=C\CCCCCCCCCCCCCCCCC(=O)OC(/C=C/CCCCCCCCCCC)C(COP(=O)(O)OCC[N+](C)(C)C)NC(=O)CCCCCCCCCCCCCCCCCCCCCCCCC. The lowest BCUT2D eigenvalue weighted by molar-refractivity contribution is -0.870. The van der Waals surface area contributed by atoms with E-state index in [1.807, 2.05) is 33.3 Å². The molecule has 0 rings (SSSR count). The fourth-order valence-corrected chi connectivity index (χ4v) is 12.2. The zero-order chi connectivity index (χ0) is 63.5. The average molecular weight is 1250 g/mol. The molecule has 0 aromatic heterocycles. The van der Waals surface area contributed by atoms with Crippen LogP contribution in [-0.4, -0.2) is 74.3 Å². The van der Waals surface area contributed by atoms with Crippen LogP contribution >= 0.6 is 7.82 Å². The van der Waals surface area contributed by atoms with E-state index in [-0.39, 0.29) is 25.1 Å². The van der Waals surface area contributed by atoms with Crippen molar-refractivity contribution in [2.45, 2.75) is 392 Å². The first kappa shape index (κ1) is 85.0. The molecule has 0 bridgehead atoms. The van der Waals surface area contributed by atoms with E-state index in [1.54, 1.807) is 0 Å². The van der Waals surface area contributed by atoms with Gasteiger partial charge >= 0.3 is 13.8 Å². The lowest BCUT2D eigenvalue weighted by Crippen LogP contribution is -2.47. The Bertz CT molecular complexity index is 1620. The van der Waals surface area contributed by atoms with Gasteiger partial charge in [0.15, 0.2) is 0 Å². The smallest absolute Gasteiger partial charge is 0.456 e. The van der Waals surface area contributed by atoms with Gasteiger partial charge in [0.25, 0.3) is 0 Å². The number of amides is 1. The molecular formula is C77H148N2O7P+. The van der Waals surface area contributed by atoms with Crippen LogP contribution in [0, 0.1) is 0 Å². The number of nitrogens with one attached hydrogen (secondary N) is 1. The lowest BCUT2D eigenvalue weighted by Gasteiger charge is -2.27. The molecule has 0 saturated heterocycles. The predicted octanol–water partition coefficient (Wildman–Crippen LogP) is 24.4. The zero-order valence-corrected chi connectivity index (χ0v) is 59.7. The summed E-state index contributed by atoms with van der Waals surface area (Å²) >= 11 is 0. The number of allylic oxidation sites excluding steroid dienone is 7. The van der Waals surface area contributed by atoms with Crippen LogP contribution in [-0.2, 0) is 27.9 Å². The van der Waals surface area contributed by atoms with Gasteiger partial charge in [-0.3, -0.25) is 18.6 Å². The van der Waals surface area contributed by atoms with E-state index >= 15 is 0 Å². The molecule has 0 spiro atoms. The van der Waals surface area contributed by atoms with Crippen LogP contribution < -0.4 is 5.32 Å². The maximum absolute atomic E-state index is 13.6. The number of carbonyl (C=O) groups excluding carboxylic acids is 2. The van der Waals surface area contributed by atoms with Crippen molar-refractivity contribution in [3.05, 3.63) is 48.6 Å². The highest BCUT2D eigenvalue weighted by molar-refractivity contribution is 7.47. The molecule has 512 valence electrons. The molecule has 3 unspecified atom stereocenters. The van der Waals surface area contributed by atoms with Gasteiger partial charge in [-0.15, -0.1) is 0 Å². The molecule has 9 nitrogen and oxygen atoms in total. The summed E-state index contributed by atoms with van der Waals surface area (Å²) in [4.78, 5) is 37.9. The van der Waals surface area contributed by atoms with Gasteiger partial charge in [-0.2, -0.15) is 0 Å². The van der Waals surface area contributed by atoms with E-state index in [0.29, 0.717) is 23.9 Å². The minimum atomic E-state index is -4.45. The number of unbranched alkanes of at least 4 members (excludes halogenated alkanes) is 48. The maximum atomic E-state index is 13.6. The Hall–Kier alpha value is -2.03. The van der Waals surface area contributed by atoms with Crippen LogP contribution in [0.4, 0.5) is 0 Å². The van der Waals surface area contributed by atoms with Gasteiger partial charge in [-0.1, -0.05) is 346 Å². The van der Waals surface area contributed by atoms with E-state index in [1.165, 1.54) is 276 Å². The monoisotopic (exact) mass is 1240 g/mol. The summed E-state index contributed by atoms with van der Waals surface area (Å²) in [5.41, 5.74) is 0. The van der Waals surface area contributed by atoms with Crippen molar-refractivity contribution in [1.82, 2.24) is 5.32 Å². The number of hydrogen-bond acceptors (Lipinski definition) is 6. The number of ether oxygens (including phenoxy) is 1. The van der Waals surface area contributed by atoms with Crippen LogP contribution in [0.1, 0.15) is 380 Å². The van der Waals surface area contributed by atoms with E-state index in [0.717, 1.165) is 70.6 Å². The molecule has 0 saturated carbocycles. The standard InChI is InChI=1S/C77H147N2O7P/c1-7-10-13-16-19-22-25-27-29-31-33-35-37-38-39-40-42-44-46-48-50-52-55-58-61-64-67-70-77(81)86-75(68-65-62-59-56-53-24-21-18-15-12-9-3)74(73-85-87(82,83)84-72-71-79(4,5)6)78-76(80)69-66-63-60-57-54-51-49-47-45-43-41-36-34-32-30-28-26-23-20-17-14-11-8-2/h19,22,27,29,33,35,65,68,74-75H,7-18,20-21,23-26,28,30-32,34,36-64,66-67,69-73H2,1-6H3,(H-,78,80,82,83)/p+1/b22-19-,29-27-,35-33-,68-65+. The van der Waals surface area contributed by atoms with E-state index < -0.39 is 20.0 Å². The Morgan fingerprint density at radius 1 is 0.402 bits per heavy atom. The van der Waals surface area contributed by atoms with Gasteiger partial charge < -0.3 is 19.4 Å². The minimum Gasteiger partial charge on any atom is -0.456 e. The quantitative estimate of drug-likeness (QED) is 0.0205. The number of carbonyl (C=O) groups is 2. The molecule has 0 aromatic carbocycles. The number of quaternary nitrogens is 1. The summed E-state index contributed by atoms with van der Waals surface area (Å²) in [7, 11) is 1.51. The second-order valence-corrected chi connectivity index (χ2v) is 28.6. The van der Waals surface area contributed by atoms with Crippen LogP contribution in [0.3, 0.4) is 0 Å². The molecule has 3 atom stereocenters. The van der Waals surface area contributed by atoms with Crippen LogP contribution in [0.25, 0.3) is 0 Å². The second-order valence-electron chi connectivity index (χ2n) is 27.2. The van der Waals surface area contributed by atoms with Crippen LogP contribution in [0.5, 0.6) is 0 Å². The third-order valence-corrected chi connectivity index (χ3v) is 18.3. The number of rotatable bonds is 70. The van der Waals surface area contributed by atoms with Crippen molar-refractivity contribution in [2.24, 2.45) is 0 Å². The Balaban J connectivity index is 4.91. The fourth-order valence-electron chi connectivity index (χ4n) is 11.4. The number of likely N-dealkylation sites (N-methyl/N-ethyl adjacent to an activating group) is 1. The summed E-state index contributed by atoms with van der Waals surface area (Å²) in [5, 5.41) is 3.08. The molecule has 0 radical (unpaired) electrons. The largest absolute Gasteiger partial charge is 0.472 e. The number of phosphoric ester groups is 1. The molecule has 1 amide bonds. The maximum Gasteiger partial charge on any atom is 0.472 e. The zero-order valence-electron chi connectivity index (χ0n) is 58.8. The first-order valence-electron chi connectivity index (χ1n) is 38.0. The Morgan fingerprint density at radius 3 is 1.07 bits per heavy atom. The first-order chi connectivity index (χ1) is 42.4. The molecule has 0 aliphatic rings. The minimum absolute atomic E-state index is 0.0427. The highest BCUT2D eigenvalue weighted by Crippen LogP contribution is 2.43.